The van der Waals surface area contributed by atoms with E-state index in [9.17, 15) is 0 Å². The average molecular weight is 217 g/mol. The molecule has 0 atom stereocenters. The number of hydrogen-bond acceptors (Lipinski definition) is 1. The van der Waals surface area contributed by atoms with Crippen LogP contribution >= 0.6 is 0 Å². The fourth-order valence-corrected chi connectivity index (χ4v) is 1.91. The van der Waals surface area contributed by atoms with Crippen LogP contribution in [0.25, 0.3) is 10.8 Å². The van der Waals surface area contributed by atoms with Gasteiger partial charge in [0.2, 0.25) is 0 Å². The van der Waals surface area contributed by atoms with Gasteiger partial charge in [-0.3, -0.25) is 0 Å². The van der Waals surface area contributed by atoms with Crippen molar-refractivity contribution >= 4 is 36.2 Å². The van der Waals surface area contributed by atoms with Crippen LogP contribution in [-0.2, 0) is 0 Å². The fraction of sp³-hybridized carbons (Fsp3) is 0.0909. The van der Waals surface area contributed by atoms with E-state index in [-0.39, 0.29) is 12.4 Å². The minimum atomic E-state index is 0. The fourth-order valence-electron chi connectivity index (χ4n) is 1.46. The largest absolute Gasteiger partial charge is 1.00 e. The van der Waals surface area contributed by atoms with Crippen molar-refractivity contribution in [3.05, 3.63) is 36.4 Å². The van der Waals surface area contributed by atoms with Crippen molar-refractivity contribution in [1.29, 1.82) is 0 Å². The third-order valence-corrected chi connectivity index (χ3v) is 2.79. The van der Waals surface area contributed by atoms with Gasteiger partial charge in [-0.1, -0.05) is 0 Å². The summed E-state index contributed by atoms with van der Waals surface area (Å²) in [6.07, 6.45) is 0. The minimum absolute atomic E-state index is 0. The van der Waals surface area contributed by atoms with Crippen molar-refractivity contribution in [2.24, 2.45) is 0 Å². The maximum absolute atomic E-state index is 5.16. The Kier molecular flexibility index (Phi) is 4.05. The summed E-state index contributed by atoms with van der Waals surface area (Å²) in [7, 11) is 1.69. The summed E-state index contributed by atoms with van der Waals surface area (Å²) in [4.78, 5) is 0. The van der Waals surface area contributed by atoms with E-state index in [4.69, 9.17) is 4.74 Å². The SMILES string of the molecule is COc1ccc2[c]([Mg+])cccc2c1.[Cl-]. The Hall–Kier alpha value is -0.444. The average Bonchev–Trinajstić information content (AvgIpc) is 2.18. The first-order valence-electron chi connectivity index (χ1n) is 4.20. The molecule has 0 spiro atoms. The first-order valence-corrected chi connectivity index (χ1v) is 4.91. The number of ether oxygens (including phenoxy) is 1. The van der Waals surface area contributed by atoms with Crippen LogP contribution in [0.4, 0.5) is 0 Å². The van der Waals surface area contributed by atoms with Gasteiger partial charge in [0, 0.05) is 0 Å². The monoisotopic (exact) mass is 216 g/mol. The molecule has 0 bridgehead atoms. The maximum atomic E-state index is 5.16. The van der Waals surface area contributed by atoms with Crippen molar-refractivity contribution < 1.29 is 17.1 Å². The number of halogens is 1. The van der Waals surface area contributed by atoms with E-state index in [1.807, 2.05) is 27.8 Å². The van der Waals surface area contributed by atoms with Crippen molar-refractivity contribution in [3.63, 3.8) is 0 Å². The minimum Gasteiger partial charge on any atom is -1.00 e. The van der Waals surface area contributed by atoms with E-state index >= 15 is 0 Å². The Morgan fingerprint density at radius 2 is 1.93 bits per heavy atom. The zero-order valence-corrected chi connectivity index (χ0v) is 10.1. The van der Waals surface area contributed by atoms with Crippen LogP contribution in [0.5, 0.6) is 5.75 Å². The maximum Gasteiger partial charge on any atom is -1.00 e. The van der Waals surface area contributed by atoms with E-state index in [1.54, 1.807) is 7.11 Å². The van der Waals surface area contributed by atoms with Gasteiger partial charge in [0.15, 0.2) is 0 Å². The summed E-state index contributed by atoms with van der Waals surface area (Å²) >= 11 is 1.92. The predicted molar refractivity (Wildman–Crippen MR) is 55.9 cm³/mol. The molecule has 68 valence electrons. The number of hydrogen-bond donors (Lipinski definition) is 0. The summed E-state index contributed by atoms with van der Waals surface area (Å²) < 4.78 is 6.50. The van der Waals surface area contributed by atoms with E-state index < -0.39 is 0 Å². The molecular weight excluding hydrogens is 208 g/mol. The summed E-state index contributed by atoms with van der Waals surface area (Å²) in [5.74, 6) is 0.918. The van der Waals surface area contributed by atoms with Gasteiger partial charge in [-0.05, 0) is 0 Å². The molecule has 0 fully saturated rings. The third-order valence-electron chi connectivity index (χ3n) is 2.18. The summed E-state index contributed by atoms with van der Waals surface area (Å²) in [5, 5.41) is 2.55. The Morgan fingerprint density at radius 3 is 2.64 bits per heavy atom. The molecule has 0 unspecified atom stereocenters. The molecule has 2 aromatic carbocycles. The second-order valence-electron chi connectivity index (χ2n) is 3.00. The molecule has 0 N–H and O–H groups in total. The van der Waals surface area contributed by atoms with Crippen LogP contribution in [0.3, 0.4) is 0 Å². The molecule has 0 radical (unpaired) electrons. The quantitative estimate of drug-likeness (QED) is 0.536. The van der Waals surface area contributed by atoms with Crippen LogP contribution in [0, 0.1) is 0 Å². The number of fused-ring (bicyclic) bond motifs is 1. The standard InChI is InChI=1S/C11H9O.ClH.Mg/c1-12-11-7-6-9-4-2-3-5-10(9)8-11;;/h2-3,5-8H,1H3;1H;/q;;+1/p-1. The van der Waals surface area contributed by atoms with Gasteiger partial charge in [-0.15, -0.1) is 0 Å². The Labute approximate surface area is 102 Å². The van der Waals surface area contributed by atoms with Crippen molar-refractivity contribution in [2.75, 3.05) is 7.11 Å². The van der Waals surface area contributed by atoms with Gasteiger partial charge in [-0.25, -0.2) is 0 Å². The Morgan fingerprint density at radius 1 is 1.14 bits per heavy atom. The van der Waals surface area contributed by atoms with Gasteiger partial charge in [0.1, 0.15) is 0 Å². The molecule has 0 aromatic heterocycles. The summed E-state index contributed by atoms with van der Waals surface area (Å²) in [6.45, 7) is 0. The van der Waals surface area contributed by atoms with E-state index in [0.717, 1.165) is 5.75 Å². The first kappa shape index (κ1) is 11.6. The zero-order chi connectivity index (χ0) is 9.26. The summed E-state index contributed by atoms with van der Waals surface area (Å²) in [5.41, 5.74) is 0. The third kappa shape index (κ3) is 2.14. The number of rotatable bonds is 1. The molecule has 0 saturated carbocycles. The first-order chi connectivity index (χ1) is 6.31. The second kappa shape index (κ2) is 4.87. The normalized spacial score (nSPS) is 9.64. The molecule has 3 heteroatoms. The molecule has 2 rings (SSSR count). The van der Waals surface area contributed by atoms with Crippen LogP contribution in [0.2, 0.25) is 0 Å². The van der Waals surface area contributed by atoms with Gasteiger partial charge >= 0.3 is 90.2 Å². The smallest absolute Gasteiger partial charge is 1.00 e. The molecule has 0 aliphatic carbocycles. The number of methoxy groups -OCH3 is 1. The van der Waals surface area contributed by atoms with Crippen LogP contribution < -0.4 is 20.8 Å². The molecule has 0 aliphatic heterocycles. The molecule has 2 aromatic rings. The molecule has 0 aliphatic rings. The van der Waals surface area contributed by atoms with Crippen molar-refractivity contribution in [2.45, 2.75) is 0 Å². The predicted octanol–water partition coefficient (Wildman–Crippen LogP) is -1.35. The summed E-state index contributed by atoms with van der Waals surface area (Å²) in [6, 6.07) is 12.5. The second-order valence-corrected chi connectivity index (χ2v) is 3.77. The van der Waals surface area contributed by atoms with Crippen molar-refractivity contribution in [3.8, 4) is 5.75 Å². The van der Waals surface area contributed by atoms with Crippen molar-refractivity contribution in [1.82, 2.24) is 0 Å². The Bertz CT molecular complexity index is 442. The van der Waals surface area contributed by atoms with Gasteiger partial charge in [-0.2, -0.15) is 0 Å². The van der Waals surface area contributed by atoms with E-state index in [2.05, 4.69) is 30.3 Å². The molecule has 1 nitrogen and oxygen atoms in total. The molecule has 0 amide bonds. The van der Waals surface area contributed by atoms with E-state index in [1.165, 1.54) is 14.5 Å². The van der Waals surface area contributed by atoms with Gasteiger partial charge < -0.3 is 12.4 Å². The zero-order valence-electron chi connectivity index (χ0n) is 7.96. The molecule has 0 saturated heterocycles. The van der Waals surface area contributed by atoms with Crippen LogP contribution in [0.1, 0.15) is 0 Å². The molecule has 0 heterocycles. The van der Waals surface area contributed by atoms with E-state index in [0.29, 0.717) is 0 Å². The van der Waals surface area contributed by atoms with Gasteiger partial charge in [0.25, 0.3) is 0 Å². The molecular formula is C11H9ClMgO. The topological polar surface area (TPSA) is 9.23 Å². The van der Waals surface area contributed by atoms with Gasteiger partial charge in [0.05, 0.1) is 0 Å². The molecule has 14 heavy (non-hydrogen) atoms. The van der Waals surface area contributed by atoms with Crippen LogP contribution in [0.15, 0.2) is 36.4 Å². The van der Waals surface area contributed by atoms with Crippen LogP contribution in [-0.4, -0.2) is 28.8 Å². The number of benzene rings is 2. The Balaban J connectivity index is 0.000000980.